The van der Waals surface area contributed by atoms with E-state index in [-0.39, 0.29) is 5.91 Å². The van der Waals surface area contributed by atoms with E-state index in [1.807, 2.05) is 37.4 Å². The number of anilines is 1. The first-order valence-electron chi connectivity index (χ1n) is 6.96. The Kier molecular flexibility index (Phi) is 4.29. The molecule has 5 nitrogen and oxygen atoms in total. The van der Waals surface area contributed by atoms with Gasteiger partial charge >= 0.3 is 0 Å². The van der Waals surface area contributed by atoms with Crippen LogP contribution in [-0.4, -0.2) is 20.7 Å². The minimum atomic E-state index is -0.0454. The molecule has 3 aromatic rings. The van der Waals surface area contributed by atoms with E-state index in [4.69, 9.17) is 0 Å². The summed E-state index contributed by atoms with van der Waals surface area (Å²) in [6, 6.07) is 9.70. The second kappa shape index (κ2) is 6.53. The summed E-state index contributed by atoms with van der Waals surface area (Å²) in [6.07, 6.45) is 5.75. The minimum Gasteiger partial charge on any atom is -0.309 e. The van der Waals surface area contributed by atoms with E-state index in [9.17, 15) is 4.79 Å². The van der Waals surface area contributed by atoms with Crippen LogP contribution in [0.4, 0.5) is 5.82 Å². The lowest BCUT2D eigenvalue weighted by molar-refractivity contribution is -0.115. The Labute approximate surface area is 132 Å². The summed E-state index contributed by atoms with van der Waals surface area (Å²) in [6.45, 7) is 2.69. The van der Waals surface area contributed by atoms with Gasteiger partial charge in [-0.1, -0.05) is 0 Å². The lowest BCUT2D eigenvalue weighted by Crippen LogP contribution is -2.14. The van der Waals surface area contributed by atoms with Crippen molar-refractivity contribution in [1.29, 1.82) is 0 Å². The molecular formula is C16H16N4OS. The first kappa shape index (κ1) is 14.5. The Morgan fingerprint density at radius 3 is 2.77 bits per heavy atom. The highest BCUT2D eigenvalue weighted by molar-refractivity contribution is 7.12. The monoisotopic (exact) mass is 312 g/mol. The average molecular weight is 312 g/mol. The van der Waals surface area contributed by atoms with Gasteiger partial charge in [-0.15, -0.1) is 11.3 Å². The van der Waals surface area contributed by atoms with Crippen molar-refractivity contribution in [2.75, 3.05) is 5.32 Å². The highest BCUT2D eigenvalue weighted by atomic mass is 32.1. The van der Waals surface area contributed by atoms with Crippen molar-refractivity contribution in [1.82, 2.24) is 14.8 Å². The lowest BCUT2D eigenvalue weighted by Gasteiger charge is -2.02. The van der Waals surface area contributed by atoms with E-state index in [1.54, 1.807) is 34.5 Å². The molecule has 6 heteroatoms. The number of aromatic nitrogens is 3. The maximum Gasteiger partial charge on any atom is 0.230 e. The third-order valence-corrected chi connectivity index (χ3v) is 4.13. The van der Waals surface area contributed by atoms with Crippen molar-refractivity contribution in [3.8, 4) is 0 Å². The smallest absolute Gasteiger partial charge is 0.230 e. The summed E-state index contributed by atoms with van der Waals surface area (Å²) in [5.74, 6) is 0.531. The van der Waals surface area contributed by atoms with Crippen LogP contribution in [0.15, 0.2) is 48.9 Å². The fraction of sp³-hybridized carbons (Fsp3) is 0.188. The lowest BCUT2D eigenvalue weighted by atomic mass is 10.3. The summed E-state index contributed by atoms with van der Waals surface area (Å²) in [5, 5.41) is 7.19. The molecule has 0 fully saturated rings. The van der Waals surface area contributed by atoms with E-state index in [0.29, 0.717) is 18.8 Å². The van der Waals surface area contributed by atoms with Gasteiger partial charge in [-0.05, 0) is 36.8 Å². The summed E-state index contributed by atoms with van der Waals surface area (Å²) in [7, 11) is 0. The SMILES string of the molecule is Cc1ccc(CC(=O)Nc2ccn(Cc3ccncc3)n2)s1. The molecule has 0 bridgehead atoms. The second-order valence-corrected chi connectivity index (χ2v) is 6.36. The molecule has 0 aliphatic rings. The highest BCUT2D eigenvalue weighted by Gasteiger charge is 2.08. The number of hydrogen-bond acceptors (Lipinski definition) is 4. The molecule has 0 saturated heterocycles. The second-order valence-electron chi connectivity index (χ2n) is 4.99. The van der Waals surface area contributed by atoms with Crippen LogP contribution in [0.1, 0.15) is 15.3 Å². The zero-order chi connectivity index (χ0) is 15.4. The number of aryl methyl sites for hydroxylation is 1. The van der Waals surface area contributed by atoms with Crippen molar-refractivity contribution in [3.05, 3.63) is 64.2 Å². The van der Waals surface area contributed by atoms with Gasteiger partial charge in [-0.25, -0.2) is 0 Å². The number of carbonyl (C=O) groups excluding carboxylic acids is 1. The van der Waals surface area contributed by atoms with Crippen LogP contribution >= 0.6 is 11.3 Å². The van der Waals surface area contributed by atoms with Crippen LogP contribution in [0.2, 0.25) is 0 Å². The molecule has 112 valence electrons. The molecular weight excluding hydrogens is 296 g/mol. The van der Waals surface area contributed by atoms with Crippen molar-refractivity contribution >= 4 is 23.1 Å². The van der Waals surface area contributed by atoms with Crippen molar-refractivity contribution in [3.63, 3.8) is 0 Å². The molecule has 1 N–H and O–H groups in total. The summed E-state index contributed by atoms with van der Waals surface area (Å²) < 4.78 is 1.79. The predicted octanol–water partition coefficient (Wildman–Crippen LogP) is 2.88. The molecule has 0 aliphatic carbocycles. The van der Waals surface area contributed by atoms with Gasteiger partial charge in [0.05, 0.1) is 13.0 Å². The highest BCUT2D eigenvalue weighted by Crippen LogP contribution is 2.16. The van der Waals surface area contributed by atoms with Crippen molar-refractivity contribution < 1.29 is 4.79 Å². The molecule has 0 aliphatic heterocycles. The van der Waals surface area contributed by atoms with Gasteiger partial charge in [0.1, 0.15) is 0 Å². The fourth-order valence-electron chi connectivity index (χ4n) is 2.12. The fourth-order valence-corrected chi connectivity index (χ4v) is 3.01. The van der Waals surface area contributed by atoms with Crippen LogP contribution in [0.5, 0.6) is 0 Å². The molecule has 0 saturated carbocycles. The molecule has 22 heavy (non-hydrogen) atoms. The van der Waals surface area contributed by atoms with Gasteiger partial charge < -0.3 is 5.32 Å². The Hall–Kier alpha value is -2.47. The normalized spacial score (nSPS) is 10.6. The van der Waals surface area contributed by atoms with E-state index in [1.165, 1.54) is 4.88 Å². The van der Waals surface area contributed by atoms with Gasteiger partial charge in [0.15, 0.2) is 5.82 Å². The van der Waals surface area contributed by atoms with E-state index in [2.05, 4.69) is 15.4 Å². The molecule has 0 radical (unpaired) electrons. The molecule has 0 aromatic carbocycles. The standard InChI is InChI=1S/C16H16N4OS/c1-12-2-3-14(22-12)10-16(21)18-15-6-9-20(19-15)11-13-4-7-17-8-5-13/h2-9H,10-11H2,1H3,(H,18,19,21). The zero-order valence-corrected chi connectivity index (χ0v) is 13.0. The maximum atomic E-state index is 12.0. The number of hydrogen-bond donors (Lipinski definition) is 1. The third kappa shape index (κ3) is 3.79. The molecule has 0 unspecified atom stereocenters. The van der Waals surface area contributed by atoms with Gasteiger partial charge in [-0.2, -0.15) is 5.10 Å². The van der Waals surface area contributed by atoms with Gasteiger partial charge in [-0.3, -0.25) is 14.5 Å². The average Bonchev–Trinajstić information content (AvgIpc) is 3.09. The van der Waals surface area contributed by atoms with Gasteiger partial charge in [0.25, 0.3) is 0 Å². The van der Waals surface area contributed by atoms with Crippen LogP contribution < -0.4 is 5.32 Å². The number of pyridine rings is 1. The molecule has 0 spiro atoms. The number of thiophene rings is 1. The van der Waals surface area contributed by atoms with E-state index >= 15 is 0 Å². The van der Waals surface area contributed by atoms with Crippen LogP contribution in [0.3, 0.4) is 0 Å². The zero-order valence-electron chi connectivity index (χ0n) is 12.2. The first-order chi connectivity index (χ1) is 10.7. The Morgan fingerprint density at radius 1 is 1.23 bits per heavy atom. The van der Waals surface area contributed by atoms with E-state index in [0.717, 1.165) is 10.4 Å². The largest absolute Gasteiger partial charge is 0.309 e. The molecule has 3 aromatic heterocycles. The molecule has 0 atom stereocenters. The number of amides is 1. The number of nitrogens with one attached hydrogen (secondary N) is 1. The van der Waals surface area contributed by atoms with E-state index < -0.39 is 0 Å². The van der Waals surface area contributed by atoms with Crippen LogP contribution in [-0.2, 0) is 17.8 Å². The molecule has 3 rings (SSSR count). The summed E-state index contributed by atoms with van der Waals surface area (Å²) in [4.78, 5) is 18.3. The summed E-state index contributed by atoms with van der Waals surface area (Å²) >= 11 is 1.64. The Bertz CT molecular complexity index is 763. The van der Waals surface area contributed by atoms with Crippen molar-refractivity contribution in [2.24, 2.45) is 0 Å². The summed E-state index contributed by atoms with van der Waals surface area (Å²) in [5.41, 5.74) is 1.12. The number of carbonyl (C=O) groups is 1. The van der Waals surface area contributed by atoms with Crippen LogP contribution in [0, 0.1) is 6.92 Å². The van der Waals surface area contributed by atoms with Crippen molar-refractivity contribution in [2.45, 2.75) is 19.9 Å². The minimum absolute atomic E-state index is 0.0454. The Morgan fingerprint density at radius 2 is 2.05 bits per heavy atom. The predicted molar refractivity (Wildman–Crippen MR) is 87.0 cm³/mol. The molecule has 1 amide bonds. The number of nitrogens with zero attached hydrogens (tertiary/aromatic N) is 3. The first-order valence-corrected chi connectivity index (χ1v) is 7.78. The Balaban J connectivity index is 1.58. The third-order valence-electron chi connectivity index (χ3n) is 3.13. The quantitative estimate of drug-likeness (QED) is 0.788. The van der Waals surface area contributed by atoms with Crippen LogP contribution in [0.25, 0.3) is 0 Å². The number of rotatable bonds is 5. The maximum absolute atomic E-state index is 12.0. The molecule has 3 heterocycles. The van der Waals surface area contributed by atoms with Gasteiger partial charge in [0.2, 0.25) is 5.91 Å². The topological polar surface area (TPSA) is 59.8 Å². The van der Waals surface area contributed by atoms with Gasteiger partial charge in [0, 0.05) is 34.4 Å².